The zero-order chi connectivity index (χ0) is 13.6. The first-order valence-corrected chi connectivity index (χ1v) is 8.02. The normalized spacial score (nSPS) is 16.9. The van der Waals surface area contributed by atoms with Crippen molar-refractivity contribution in [2.24, 2.45) is 0 Å². The minimum absolute atomic E-state index is 0.851. The minimum Gasteiger partial charge on any atom is -0.380 e. The summed E-state index contributed by atoms with van der Waals surface area (Å²) in [6, 6.07) is 0. The van der Waals surface area contributed by atoms with Crippen molar-refractivity contribution in [1.29, 1.82) is 0 Å². The van der Waals surface area contributed by atoms with Gasteiger partial charge in [-0.2, -0.15) is 0 Å². The molecule has 4 nitrogen and oxygen atoms in total. The molecule has 114 valence electrons. The molecule has 1 aliphatic heterocycles. The Hall–Kier alpha value is -0.160. The lowest BCUT2D eigenvalue weighted by molar-refractivity contribution is 0.0374. The van der Waals surface area contributed by atoms with E-state index in [2.05, 4.69) is 17.1 Å². The summed E-state index contributed by atoms with van der Waals surface area (Å²) >= 11 is 0. The first-order valence-electron chi connectivity index (χ1n) is 8.02. The summed E-state index contributed by atoms with van der Waals surface area (Å²) in [6.45, 7) is 11.3. The van der Waals surface area contributed by atoms with Crippen LogP contribution in [0.3, 0.4) is 0 Å². The van der Waals surface area contributed by atoms with E-state index in [4.69, 9.17) is 9.47 Å². The lowest BCUT2D eigenvalue weighted by atomic mass is 10.2. The Morgan fingerprint density at radius 1 is 1.00 bits per heavy atom. The van der Waals surface area contributed by atoms with Gasteiger partial charge in [0.2, 0.25) is 0 Å². The number of hydrogen-bond donors (Lipinski definition) is 1. The topological polar surface area (TPSA) is 33.7 Å². The summed E-state index contributed by atoms with van der Waals surface area (Å²) in [5, 5.41) is 3.44. The molecule has 1 rings (SSSR count). The van der Waals surface area contributed by atoms with E-state index in [1.165, 1.54) is 38.6 Å². The van der Waals surface area contributed by atoms with E-state index in [1.54, 1.807) is 0 Å². The number of nitrogens with one attached hydrogen (secondary N) is 1. The van der Waals surface area contributed by atoms with Gasteiger partial charge in [0, 0.05) is 26.2 Å². The Morgan fingerprint density at radius 3 is 2.63 bits per heavy atom. The highest BCUT2D eigenvalue weighted by atomic mass is 16.5. The first-order chi connectivity index (χ1) is 9.43. The van der Waals surface area contributed by atoms with Crippen LogP contribution in [0.4, 0.5) is 0 Å². The predicted octanol–water partition coefficient (Wildman–Crippen LogP) is 1.90. The van der Waals surface area contributed by atoms with Crippen LogP contribution in [0.25, 0.3) is 0 Å². The molecule has 0 aromatic heterocycles. The van der Waals surface area contributed by atoms with Crippen LogP contribution in [0, 0.1) is 0 Å². The second kappa shape index (κ2) is 12.9. The van der Waals surface area contributed by atoms with Gasteiger partial charge in [0.25, 0.3) is 0 Å². The molecule has 0 amide bonds. The van der Waals surface area contributed by atoms with Crippen LogP contribution in [0.5, 0.6) is 0 Å². The molecule has 0 spiro atoms. The third-order valence-electron chi connectivity index (χ3n) is 3.50. The maximum absolute atomic E-state index is 5.59. The van der Waals surface area contributed by atoms with Gasteiger partial charge in [-0.25, -0.2) is 0 Å². The molecule has 1 saturated heterocycles. The summed E-state index contributed by atoms with van der Waals surface area (Å²) < 4.78 is 10.9. The number of hydrogen-bond acceptors (Lipinski definition) is 4. The number of rotatable bonds is 12. The molecule has 0 unspecified atom stereocenters. The zero-order valence-electron chi connectivity index (χ0n) is 12.7. The fourth-order valence-corrected chi connectivity index (χ4v) is 2.25. The second-order valence-electron chi connectivity index (χ2n) is 5.23. The van der Waals surface area contributed by atoms with Crippen LogP contribution in [0.2, 0.25) is 0 Å². The number of ether oxygens (including phenoxy) is 2. The van der Waals surface area contributed by atoms with Gasteiger partial charge in [-0.1, -0.05) is 26.2 Å². The Balaban J connectivity index is 1.71. The lowest BCUT2D eigenvalue weighted by Gasteiger charge is -2.26. The van der Waals surface area contributed by atoms with Crippen molar-refractivity contribution < 1.29 is 9.47 Å². The van der Waals surface area contributed by atoms with Gasteiger partial charge in [0.05, 0.1) is 19.8 Å². The molecule has 0 radical (unpaired) electrons. The fourth-order valence-electron chi connectivity index (χ4n) is 2.25. The fraction of sp³-hybridized carbons (Fsp3) is 1.00. The second-order valence-corrected chi connectivity index (χ2v) is 5.23. The monoisotopic (exact) mass is 272 g/mol. The van der Waals surface area contributed by atoms with Gasteiger partial charge in [0.1, 0.15) is 0 Å². The molecular formula is C15H32N2O2. The molecule has 1 fully saturated rings. The molecular weight excluding hydrogens is 240 g/mol. The predicted molar refractivity (Wildman–Crippen MR) is 79.7 cm³/mol. The first kappa shape index (κ1) is 16.9. The molecule has 0 aliphatic carbocycles. The largest absolute Gasteiger partial charge is 0.380 e. The average molecular weight is 272 g/mol. The molecule has 0 atom stereocenters. The number of morpholine rings is 1. The van der Waals surface area contributed by atoms with E-state index in [-0.39, 0.29) is 0 Å². The third-order valence-corrected chi connectivity index (χ3v) is 3.50. The molecule has 0 aromatic carbocycles. The summed E-state index contributed by atoms with van der Waals surface area (Å²) in [4.78, 5) is 2.48. The smallest absolute Gasteiger partial charge is 0.0594 e. The van der Waals surface area contributed by atoms with Crippen molar-refractivity contribution in [3.63, 3.8) is 0 Å². The highest BCUT2D eigenvalue weighted by Crippen LogP contribution is 1.98. The van der Waals surface area contributed by atoms with E-state index in [1.807, 2.05) is 0 Å². The Morgan fingerprint density at radius 2 is 1.84 bits per heavy atom. The molecule has 0 aromatic rings. The van der Waals surface area contributed by atoms with Crippen LogP contribution >= 0.6 is 0 Å². The minimum atomic E-state index is 0.851. The van der Waals surface area contributed by atoms with Crippen LogP contribution in [0.15, 0.2) is 0 Å². The van der Waals surface area contributed by atoms with Gasteiger partial charge in [-0.15, -0.1) is 0 Å². The maximum Gasteiger partial charge on any atom is 0.0594 e. The summed E-state index contributed by atoms with van der Waals surface area (Å²) in [5.41, 5.74) is 0. The van der Waals surface area contributed by atoms with E-state index in [0.29, 0.717) is 0 Å². The zero-order valence-corrected chi connectivity index (χ0v) is 12.7. The van der Waals surface area contributed by atoms with E-state index in [0.717, 1.165) is 52.6 Å². The van der Waals surface area contributed by atoms with Crippen LogP contribution in [0.1, 0.15) is 39.0 Å². The van der Waals surface area contributed by atoms with Crippen LogP contribution in [-0.2, 0) is 9.47 Å². The quantitative estimate of drug-likeness (QED) is 0.550. The van der Waals surface area contributed by atoms with Gasteiger partial charge < -0.3 is 14.8 Å². The van der Waals surface area contributed by atoms with Crippen LogP contribution in [-0.4, -0.2) is 64.1 Å². The van der Waals surface area contributed by atoms with Crippen molar-refractivity contribution in [1.82, 2.24) is 10.2 Å². The van der Waals surface area contributed by atoms with Crippen molar-refractivity contribution >= 4 is 0 Å². The van der Waals surface area contributed by atoms with Crippen LogP contribution < -0.4 is 5.32 Å². The van der Waals surface area contributed by atoms with Crippen molar-refractivity contribution in [3.05, 3.63) is 0 Å². The highest BCUT2D eigenvalue weighted by Gasteiger charge is 2.08. The molecule has 4 heteroatoms. The molecule has 19 heavy (non-hydrogen) atoms. The Labute approximate surface area is 118 Å². The Bertz CT molecular complexity index is 185. The van der Waals surface area contributed by atoms with E-state index in [9.17, 15) is 0 Å². The molecule has 1 heterocycles. The van der Waals surface area contributed by atoms with E-state index < -0.39 is 0 Å². The molecule has 1 aliphatic rings. The SMILES string of the molecule is CCCCCCOCCNCCCN1CCOCC1. The van der Waals surface area contributed by atoms with Crippen molar-refractivity contribution in [2.75, 3.05) is 59.2 Å². The number of unbranched alkanes of at least 4 members (excludes halogenated alkanes) is 3. The molecule has 0 saturated carbocycles. The van der Waals surface area contributed by atoms with Gasteiger partial charge >= 0.3 is 0 Å². The summed E-state index contributed by atoms with van der Waals surface area (Å²) in [5.74, 6) is 0. The van der Waals surface area contributed by atoms with Gasteiger partial charge in [0.15, 0.2) is 0 Å². The van der Waals surface area contributed by atoms with Gasteiger partial charge in [-0.3, -0.25) is 4.90 Å². The molecule has 1 N–H and O–H groups in total. The summed E-state index contributed by atoms with van der Waals surface area (Å²) in [6.07, 6.45) is 6.37. The van der Waals surface area contributed by atoms with Crippen molar-refractivity contribution in [2.45, 2.75) is 39.0 Å². The third kappa shape index (κ3) is 10.3. The summed E-state index contributed by atoms with van der Waals surface area (Å²) in [7, 11) is 0. The average Bonchev–Trinajstić information content (AvgIpc) is 2.46. The van der Waals surface area contributed by atoms with Gasteiger partial charge in [-0.05, 0) is 25.9 Å². The number of nitrogens with zero attached hydrogens (tertiary/aromatic N) is 1. The molecule has 0 bridgehead atoms. The van der Waals surface area contributed by atoms with E-state index >= 15 is 0 Å². The highest BCUT2D eigenvalue weighted by molar-refractivity contribution is 4.62. The standard InChI is InChI=1S/C15H32N2O2/c1-2-3-4-5-12-18-13-8-16-7-6-9-17-10-14-19-15-11-17/h16H,2-15H2,1H3. The van der Waals surface area contributed by atoms with Crippen molar-refractivity contribution in [3.8, 4) is 0 Å². The lowest BCUT2D eigenvalue weighted by Crippen LogP contribution is -2.37. The Kier molecular flexibility index (Phi) is 11.4. The maximum atomic E-state index is 5.59.